The van der Waals surface area contributed by atoms with Crippen LogP contribution in [0.15, 0.2) is 53.4 Å². The van der Waals surface area contributed by atoms with Crippen molar-refractivity contribution >= 4 is 40.9 Å². The molecule has 0 bridgehead atoms. The molecule has 2 unspecified atom stereocenters. The van der Waals surface area contributed by atoms with Gasteiger partial charge in [-0.15, -0.1) is 11.8 Å². The van der Waals surface area contributed by atoms with E-state index in [4.69, 9.17) is 17.3 Å². The van der Waals surface area contributed by atoms with Crippen LogP contribution in [0.25, 0.3) is 0 Å². The Morgan fingerprint density at radius 1 is 1.29 bits per heavy atom. The van der Waals surface area contributed by atoms with Gasteiger partial charge < -0.3 is 11.1 Å². The molecule has 1 aliphatic heterocycles. The first-order valence-electron chi connectivity index (χ1n) is 9.28. The summed E-state index contributed by atoms with van der Waals surface area (Å²) in [5.41, 5.74) is 7.27. The predicted molar refractivity (Wildman–Crippen MR) is 114 cm³/mol. The Labute approximate surface area is 174 Å². The first-order valence-corrected chi connectivity index (χ1v) is 10.5. The summed E-state index contributed by atoms with van der Waals surface area (Å²) in [5, 5.41) is 3.32. The van der Waals surface area contributed by atoms with E-state index in [2.05, 4.69) is 10.2 Å². The molecule has 0 spiro atoms. The fraction of sp³-hybridized carbons (Fsp3) is 0.333. The third kappa shape index (κ3) is 5.28. The number of primary amides is 1. The quantitative estimate of drug-likeness (QED) is 0.670. The van der Waals surface area contributed by atoms with Gasteiger partial charge in [-0.05, 0) is 56.1 Å². The molecule has 2 atom stereocenters. The number of benzene rings is 2. The van der Waals surface area contributed by atoms with Crippen molar-refractivity contribution in [3.8, 4) is 0 Å². The van der Waals surface area contributed by atoms with Gasteiger partial charge in [-0.3, -0.25) is 14.5 Å². The van der Waals surface area contributed by atoms with Crippen molar-refractivity contribution in [2.45, 2.75) is 42.5 Å². The van der Waals surface area contributed by atoms with Gasteiger partial charge in [0.2, 0.25) is 11.8 Å². The predicted octanol–water partition coefficient (Wildman–Crippen LogP) is 3.91. The first kappa shape index (κ1) is 20.7. The third-order valence-corrected chi connectivity index (χ3v) is 6.40. The van der Waals surface area contributed by atoms with Crippen LogP contribution in [0.3, 0.4) is 0 Å². The van der Waals surface area contributed by atoms with Crippen molar-refractivity contribution < 1.29 is 9.59 Å². The molecule has 2 aromatic rings. The van der Waals surface area contributed by atoms with Gasteiger partial charge in [0, 0.05) is 17.1 Å². The molecule has 148 valence electrons. The Balaban J connectivity index is 1.61. The van der Waals surface area contributed by atoms with Gasteiger partial charge >= 0.3 is 0 Å². The average Bonchev–Trinajstić information content (AvgIpc) is 3.12. The molecule has 0 saturated carbocycles. The van der Waals surface area contributed by atoms with Crippen molar-refractivity contribution in [1.82, 2.24) is 4.90 Å². The lowest BCUT2D eigenvalue weighted by atomic mass is 10.1. The fourth-order valence-electron chi connectivity index (χ4n) is 3.35. The number of carbonyl (C=O) groups is 2. The Bertz CT molecular complexity index is 861. The Morgan fingerprint density at radius 3 is 2.82 bits per heavy atom. The standard InChI is InChI=1S/C21H24ClN3O2S/c1-14(28-19-10-3-2-8-17(19)22)21(27)24-16-7-4-6-15(12-16)13-25-11-5-9-18(25)20(23)26/h2-4,6-8,10,12,14,18H,5,9,11,13H2,1H3,(H2,23,26)(H,24,27). The summed E-state index contributed by atoms with van der Waals surface area (Å²) in [6.45, 7) is 3.35. The van der Waals surface area contributed by atoms with E-state index in [0.29, 0.717) is 11.6 Å². The Hall–Kier alpha value is -2.02. The molecule has 28 heavy (non-hydrogen) atoms. The van der Waals surface area contributed by atoms with Crippen molar-refractivity contribution in [1.29, 1.82) is 0 Å². The SMILES string of the molecule is CC(Sc1ccccc1Cl)C(=O)Nc1cccc(CN2CCCC2C(N)=O)c1. The number of amides is 2. The van der Waals surface area contributed by atoms with Crippen molar-refractivity contribution in [2.24, 2.45) is 5.73 Å². The number of carbonyl (C=O) groups excluding carboxylic acids is 2. The summed E-state index contributed by atoms with van der Waals surface area (Å²) in [5.74, 6) is -0.356. The molecule has 3 rings (SSSR count). The van der Waals surface area contributed by atoms with E-state index in [9.17, 15) is 9.59 Å². The molecule has 1 saturated heterocycles. The van der Waals surface area contributed by atoms with E-state index in [1.54, 1.807) is 0 Å². The highest BCUT2D eigenvalue weighted by atomic mass is 35.5. The molecule has 1 fully saturated rings. The maximum absolute atomic E-state index is 12.6. The van der Waals surface area contributed by atoms with E-state index in [0.717, 1.165) is 35.5 Å². The van der Waals surface area contributed by atoms with Gasteiger partial charge in [0.25, 0.3) is 0 Å². The molecule has 0 aromatic heterocycles. The van der Waals surface area contributed by atoms with Gasteiger partial charge in [-0.2, -0.15) is 0 Å². The zero-order chi connectivity index (χ0) is 20.1. The van der Waals surface area contributed by atoms with Gasteiger partial charge in [-0.1, -0.05) is 35.9 Å². The second-order valence-corrected chi connectivity index (χ2v) is 8.70. The largest absolute Gasteiger partial charge is 0.368 e. The molecular formula is C21H24ClN3O2S. The highest BCUT2D eigenvalue weighted by Gasteiger charge is 2.28. The Kier molecular flexibility index (Phi) is 6.99. The molecule has 1 heterocycles. The monoisotopic (exact) mass is 417 g/mol. The van der Waals surface area contributed by atoms with Gasteiger partial charge in [0.15, 0.2) is 0 Å². The van der Waals surface area contributed by atoms with Crippen LogP contribution in [0.1, 0.15) is 25.3 Å². The molecule has 7 heteroatoms. The van der Waals surface area contributed by atoms with Crippen LogP contribution >= 0.6 is 23.4 Å². The minimum Gasteiger partial charge on any atom is -0.368 e. The van der Waals surface area contributed by atoms with Crippen LogP contribution in [-0.2, 0) is 16.1 Å². The average molecular weight is 418 g/mol. The van der Waals surface area contributed by atoms with Crippen molar-refractivity contribution in [3.05, 3.63) is 59.1 Å². The number of likely N-dealkylation sites (tertiary alicyclic amines) is 1. The second kappa shape index (κ2) is 9.45. The number of nitrogens with zero attached hydrogens (tertiary/aromatic N) is 1. The smallest absolute Gasteiger partial charge is 0.237 e. The summed E-state index contributed by atoms with van der Waals surface area (Å²) in [4.78, 5) is 27.1. The topological polar surface area (TPSA) is 75.4 Å². The van der Waals surface area contributed by atoms with Crippen LogP contribution < -0.4 is 11.1 Å². The second-order valence-electron chi connectivity index (χ2n) is 6.91. The van der Waals surface area contributed by atoms with E-state index in [1.165, 1.54) is 11.8 Å². The zero-order valence-corrected chi connectivity index (χ0v) is 17.3. The van der Waals surface area contributed by atoms with Crippen molar-refractivity contribution in [2.75, 3.05) is 11.9 Å². The van der Waals surface area contributed by atoms with Crippen LogP contribution in [0, 0.1) is 0 Å². The number of nitrogens with one attached hydrogen (secondary N) is 1. The number of halogens is 1. The maximum Gasteiger partial charge on any atom is 0.237 e. The van der Waals surface area contributed by atoms with Gasteiger partial charge in [-0.25, -0.2) is 0 Å². The van der Waals surface area contributed by atoms with Crippen molar-refractivity contribution in [3.63, 3.8) is 0 Å². The molecule has 5 nitrogen and oxygen atoms in total. The highest BCUT2D eigenvalue weighted by molar-refractivity contribution is 8.00. The normalized spacial score (nSPS) is 18.0. The summed E-state index contributed by atoms with van der Waals surface area (Å²) in [6, 6.07) is 15.0. The van der Waals surface area contributed by atoms with Crippen LogP contribution in [0.5, 0.6) is 0 Å². The summed E-state index contributed by atoms with van der Waals surface area (Å²) >= 11 is 7.61. The molecular weight excluding hydrogens is 394 g/mol. The number of nitrogens with two attached hydrogens (primary N) is 1. The van der Waals surface area contributed by atoms with Gasteiger partial charge in [0.05, 0.1) is 16.3 Å². The lowest BCUT2D eigenvalue weighted by Gasteiger charge is -2.22. The van der Waals surface area contributed by atoms with E-state index in [1.807, 2.05) is 55.5 Å². The van der Waals surface area contributed by atoms with Gasteiger partial charge in [0.1, 0.15) is 0 Å². The van der Waals surface area contributed by atoms with E-state index < -0.39 is 0 Å². The first-order chi connectivity index (χ1) is 13.4. The molecule has 2 amide bonds. The van der Waals surface area contributed by atoms with E-state index in [-0.39, 0.29) is 23.1 Å². The number of thioether (sulfide) groups is 1. The Morgan fingerprint density at radius 2 is 2.07 bits per heavy atom. The highest BCUT2D eigenvalue weighted by Crippen LogP contribution is 2.30. The number of rotatable bonds is 7. The lowest BCUT2D eigenvalue weighted by molar-refractivity contribution is -0.122. The molecule has 2 aromatic carbocycles. The zero-order valence-electron chi connectivity index (χ0n) is 15.7. The van der Waals surface area contributed by atoms with Crippen LogP contribution in [0.2, 0.25) is 5.02 Å². The molecule has 3 N–H and O–H groups in total. The minimum atomic E-state index is -0.290. The van der Waals surface area contributed by atoms with Crippen LogP contribution in [0.4, 0.5) is 5.69 Å². The summed E-state index contributed by atoms with van der Waals surface area (Å²) in [7, 11) is 0. The van der Waals surface area contributed by atoms with E-state index >= 15 is 0 Å². The number of anilines is 1. The molecule has 0 aliphatic carbocycles. The third-order valence-electron chi connectivity index (χ3n) is 4.78. The summed E-state index contributed by atoms with van der Waals surface area (Å²) < 4.78 is 0. The summed E-state index contributed by atoms with van der Waals surface area (Å²) in [6.07, 6.45) is 1.78. The number of hydrogen-bond acceptors (Lipinski definition) is 4. The van der Waals surface area contributed by atoms with Crippen LogP contribution in [-0.4, -0.2) is 34.6 Å². The number of hydrogen-bond donors (Lipinski definition) is 2. The lowest BCUT2D eigenvalue weighted by Crippen LogP contribution is -2.39. The maximum atomic E-state index is 12.6. The molecule has 0 radical (unpaired) electrons. The fourth-order valence-corrected chi connectivity index (χ4v) is 4.50. The molecule has 1 aliphatic rings. The minimum absolute atomic E-state index is 0.0849.